The molecule has 15 heavy (non-hydrogen) atoms. The number of ether oxygens (including phenoxy) is 1. The van der Waals surface area contributed by atoms with E-state index in [1.807, 2.05) is 19.9 Å². The molecule has 1 heterocycles. The minimum Gasteiger partial charge on any atom is -0.453 e. The Morgan fingerprint density at radius 1 is 1.60 bits per heavy atom. The first kappa shape index (κ1) is 12.6. The average Bonchev–Trinajstić information content (AvgIpc) is 2.61. The standard InChI is InChI=1S/C11H18ClNO2/c1-11(2,14-3)6-4-9(13)8-5-7-15-10(8)12/h5,7,9H,4,6,13H2,1-3H3. The van der Waals surface area contributed by atoms with Crippen molar-refractivity contribution in [2.45, 2.75) is 38.3 Å². The van der Waals surface area contributed by atoms with Crippen LogP contribution < -0.4 is 5.73 Å². The molecule has 0 amide bonds. The Morgan fingerprint density at radius 2 is 2.27 bits per heavy atom. The van der Waals surface area contributed by atoms with Crippen LogP contribution in [0.1, 0.15) is 38.3 Å². The average molecular weight is 232 g/mol. The molecule has 1 aromatic heterocycles. The highest BCUT2D eigenvalue weighted by molar-refractivity contribution is 6.29. The first-order chi connectivity index (χ1) is 6.96. The van der Waals surface area contributed by atoms with Crippen LogP contribution in [0.3, 0.4) is 0 Å². The fourth-order valence-corrected chi connectivity index (χ4v) is 1.59. The number of nitrogens with two attached hydrogens (primary N) is 1. The smallest absolute Gasteiger partial charge is 0.197 e. The van der Waals surface area contributed by atoms with Gasteiger partial charge < -0.3 is 14.9 Å². The summed E-state index contributed by atoms with van der Waals surface area (Å²) in [6.07, 6.45) is 3.26. The molecule has 1 rings (SSSR count). The summed E-state index contributed by atoms with van der Waals surface area (Å²) in [4.78, 5) is 0. The summed E-state index contributed by atoms with van der Waals surface area (Å²) >= 11 is 5.84. The van der Waals surface area contributed by atoms with Gasteiger partial charge in [-0.25, -0.2) is 0 Å². The zero-order valence-corrected chi connectivity index (χ0v) is 10.2. The van der Waals surface area contributed by atoms with Gasteiger partial charge in [0.15, 0.2) is 5.22 Å². The fraction of sp³-hybridized carbons (Fsp3) is 0.636. The van der Waals surface area contributed by atoms with Crippen molar-refractivity contribution in [2.24, 2.45) is 5.73 Å². The highest BCUT2D eigenvalue weighted by Crippen LogP contribution is 2.28. The summed E-state index contributed by atoms with van der Waals surface area (Å²) in [5.41, 5.74) is 6.72. The lowest BCUT2D eigenvalue weighted by Crippen LogP contribution is -2.24. The van der Waals surface area contributed by atoms with E-state index in [0.29, 0.717) is 5.22 Å². The second kappa shape index (κ2) is 5.01. The van der Waals surface area contributed by atoms with Crippen molar-refractivity contribution in [3.05, 3.63) is 23.1 Å². The van der Waals surface area contributed by atoms with E-state index < -0.39 is 0 Å². The van der Waals surface area contributed by atoms with E-state index in [2.05, 4.69) is 0 Å². The van der Waals surface area contributed by atoms with Crippen molar-refractivity contribution >= 4 is 11.6 Å². The predicted octanol–water partition coefficient (Wildman–Crippen LogP) is 3.14. The van der Waals surface area contributed by atoms with Crippen LogP contribution in [0.15, 0.2) is 16.7 Å². The zero-order valence-electron chi connectivity index (χ0n) is 9.42. The van der Waals surface area contributed by atoms with Gasteiger partial charge in [0.2, 0.25) is 0 Å². The highest BCUT2D eigenvalue weighted by Gasteiger charge is 2.20. The van der Waals surface area contributed by atoms with E-state index >= 15 is 0 Å². The lowest BCUT2D eigenvalue weighted by molar-refractivity contribution is 0.0125. The van der Waals surface area contributed by atoms with Crippen LogP contribution in [0.5, 0.6) is 0 Å². The van der Waals surface area contributed by atoms with Crippen molar-refractivity contribution in [1.29, 1.82) is 0 Å². The number of halogens is 1. The highest BCUT2D eigenvalue weighted by atomic mass is 35.5. The van der Waals surface area contributed by atoms with E-state index in [1.54, 1.807) is 13.4 Å². The SMILES string of the molecule is COC(C)(C)CCC(N)c1ccoc1Cl. The van der Waals surface area contributed by atoms with Gasteiger partial charge in [-0.3, -0.25) is 0 Å². The maximum atomic E-state index is 6.00. The molecule has 0 aromatic carbocycles. The largest absolute Gasteiger partial charge is 0.453 e. The molecule has 86 valence electrons. The third-order valence-electron chi connectivity index (χ3n) is 2.66. The van der Waals surface area contributed by atoms with Gasteiger partial charge in [0, 0.05) is 18.7 Å². The maximum absolute atomic E-state index is 6.00. The summed E-state index contributed by atoms with van der Waals surface area (Å²) in [7, 11) is 1.70. The van der Waals surface area contributed by atoms with Crippen molar-refractivity contribution in [1.82, 2.24) is 0 Å². The van der Waals surface area contributed by atoms with Crippen molar-refractivity contribution < 1.29 is 9.15 Å². The third-order valence-corrected chi connectivity index (χ3v) is 2.96. The van der Waals surface area contributed by atoms with Gasteiger partial charge in [0.25, 0.3) is 0 Å². The monoisotopic (exact) mass is 231 g/mol. The van der Waals surface area contributed by atoms with Gasteiger partial charge in [0.05, 0.1) is 11.9 Å². The normalized spacial score (nSPS) is 14.2. The molecule has 0 bridgehead atoms. The van der Waals surface area contributed by atoms with E-state index in [0.717, 1.165) is 18.4 Å². The molecule has 0 fully saturated rings. The Labute approximate surface area is 95.5 Å². The van der Waals surface area contributed by atoms with E-state index in [9.17, 15) is 0 Å². The van der Waals surface area contributed by atoms with Gasteiger partial charge >= 0.3 is 0 Å². The molecular formula is C11H18ClNO2. The van der Waals surface area contributed by atoms with Crippen LogP contribution in [0.4, 0.5) is 0 Å². The van der Waals surface area contributed by atoms with Crippen LogP contribution in [0.2, 0.25) is 5.22 Å². The molecular weight excluding hydrogens is 214 g/mol. The molecule has 1 unspecified atom stereocenters. The predicted molar refractivity (Wildman–Crippen MR) is 61.0 cm³/mol. The molecule has 0 aliphatic heterocycles. The lowest BCUT2D eigenvalue weighted by atomic mass is 9.97. The van der Waals surface area contributed by atoms with E-state index in [1.165, 1.54) is 0 Å². The summed E-state index contributed by atoms with van der Waals surface area (Å²) in [5.74, 6) is 0. The van der Waals surface area contributed by atoms with E-state index in [4.69, 9.17) is 26.5 Å². The Balaban J connectivity index is 2.50. The second-order valence-corrected chi connectivity index (χ2v) is 4.60. The van der Waals surface area contributed by atoms with Crippen LogP contribution in [0.25, 0.3) is 0 Å². The summed E-state index contributed by atoms with van der Waals surface area (Å²) in [5, 5.41) is 0.387. The molecule has 0 saturated heterocycles. The van der Waals surface area contributed by atoms with Crippen LogP contribution in [-0.2, 0) is 4.74 Å². The summed E-state index contributed by atoms with van der Waals surface area (Å²) in [6, 6.07) is 1.72. The molecule has 0 aliphatic rings. The molecule has 0 saturated carbocycles. The number of furan rings is 1. The molecule has 2 N–H and O–H groups in total. The number of hydrogen-bond acceptors (Lipinski definition) is 3. The van der Waals surface area contributed by atoms with Gasteiger partial charge in [-0.1, -0.05) is 0 Å². The molecule has 0 spiro atoms. The minimum absolute atomic E-state index is 0.0920. The van der Waals surface area contributed by atoms with Crippen LogP contribution >= 0.6 is 11.6 Å². The summed E-state index contributed by atoms with van der Waals surface area (Å²) in [6.45, 7) is 4.08. The molecule has 4 heteroatoms. The molecule has 0 aliphatic carbocycles. The lowest BCUT2D eigenvalue weighted by Gasteiger charge is -2.24. The number of rotatable bonds is 5. The van der Waals surface area contributed by atoms with Crippen molar-refractivity contribution in [3.8, 4) is 0 Å². The first-order valence-electron chi connectivity index (χ1n) is 5.00. The van der Waals surface area contributed by atoms with Gasteiger partial charge in [-0.15, -0.1) is 0 Å². The Bertz CT molecular complexity index is 309. The fourth-order valence-electron chi connectivity index (χ4n) is 1.33. The van der Waals surface area contributed by atoms with Gasteiger partial charge in [-0.2, -0.15) is 0 Å². The Kier molecular flexibility index (Phi) is 4.20. The summed E-state index contributed by atoms with van der Waals surface area (Å²) < 4.78 is 10.3. The van der Waals surface area contributed by atoms with Crippen LogP contribution in [0, 0.1) is 0 Å². The topological polar surface area (TPSA) is 48.4 Å². The van der Waals surface area contributed by atoms with Crippen LogP contribution in [-0.4, -0.2) is 12.7 Å². The minimum atomic E-state index is -0.145. The Morgan fingerprint density at radius 3 is 2.73 bits per heavy atom. The van der Waals surface area contributed by atoms with E-state index in [-0.39, 0.29) is 11.6 Å². The van der Waals surface area contributed by atoms with Gasteiger partial charge in [-0.05, 0) is 44.4 Å². The van der Waals surface area contributed by atoms with Crippen molar-refractivity contribution in [3.63, 3.8) is 0 Å². The first-order valence-corrected chi connectivity index (χ1v) is 5.37. The number of hydrogen-bond donors (Lipinski definition) is 1. The van der Waals surface area contributed by atoms with Gasteiger partial charge in [0.1, 0.15) is 0 Å². The third kappa shape index (κ3) is 3.52. The zero-order chi connectivity index (χ0) is 11.5. The second-order valence-electron chi connectivity index (χ2n) is 4.26. The quantitative estimate of drug-likeness (QED) is 0.847. The molecule has 1 aromatic rings. The maximum Gasteiger partial charge on any atom is 0.197 e. The molecule has 0 radical (unpaired) electrons. The van der Waals surface area contributed by atoms with Crippen molar-refractivity contribution in [2.75, 3.05) is 7.11 Å². The molecule has 1 atom stereocenters. The Hall–Kier alpha value is -0.510. The number of methoxy groups -OCH3 is 1. The molecule has 3 nitrogen and oxygen atoms in total.